The third-order valence-electron chi connectivity index (χ3n) is 2.96. The average molecular weight is 276 g/mol. The Morgan fingerprint density at radius 1 is 1.05 bits per heavy atom. The van der Waals surface area contributed by atoms with Crippen molar-refractivity contribution < 1.29 is 4.74 Å². The molecule has 2 N–H and O–H groups in total. The largest absolute Gasteiger partial charge is 0.398 e. The second-order valence-electron chi connectivity index (χ2n) is 4.48. The summed E-state index contributed by atoms with van der Waals surface area (Å²) in [5.41, 5.74) is 8.89. The van der Waals surface area contributed by atoms with Crippen LogP contribution in [0.15, 0.2) is 48.5 Å². The van der Waals surface area contributed by atoms with Gasteiger partial charge in [-0.1, -0.05) is 48.0 Å². The maximum absolute atomic E-state index is 5.86. The van der Waals surface area contributed by atoms with Crippen molar-refractivity contribution in [1.29, 1.82) is 0 Å². The van der Waals surface area contributed by atoms with Crippen LogP contribution in [-0.4, -0.2) is 6.61 Å². The quantitative estimate of drug-likeness (QED) is 0.637. The van der Waals surface area contributed by atoms with Gasteiger partial charge in [-0.05, 0) is 30.5 Å². The summed E-state index contributed by atoms with van der Waals surface area (Å²) in [6.07, 6.45) is 2.05. The van der Waals surface area contributed by atoms with Gasteiger partial charge < -0.3 is 10.5 Å². The fourth-order valence-corrected chi connectivity index (χ4v) is 2.08. The molecule has 2 aromatic rings. The molecule has 0 atom stereocenters. The van der Waals surface area contributed by atoms with Crippen molar-refractivity contribution in [3.8, 4) is 0 Å². The van der Waals surface area contributed by atoms with E-state index in [9.17, 15) is 0 Å². The molecule has 0 aromatic heterocycles. The fourth-order valence-electron chi connectivity index (χ4n) is 1.90. The Balaban J connectivity index is 1.69. The first kappa shape index (κ1) is 13.9. The van der Waals surface area contributed by atoms with E-state index in [1.807, 2.05) is 18.2 Å². The first-order chi connectivity index (χ1) is 9.25. The van der Waals surface area contributed by atoms with Crippen LogP contribution in [0.4, 0.5) is 5.69 Å². The van der Waals surface area contributed by atoms with Crippen molar-refractivity contribution in [3.63, 3.8) is 0 Å². The Hall–Kier alpha value is -1.51. The van der Waals surface area contributed by atoms with Crippen molar-refractivity contribution in [1.82, 2.24) is 0 Å². The number of hydrogen-bond donors (Lipinski definition) is 1. The van der Waals surface area contributed by atoms with Gasteiger partial charge in [-0.25, -0.2) is 0 Å². The van der Waals surface area contributed by atoms with Crippen LogP contribution >= 0.6 is 11.6 Å². The van der Waals surface area contributed by atoms with Crippen LogP contribution in [0.25, 0.3) is 0 Å². The lowest BCUT2D eigenvalue weighted by atomic mass is 10.1. The van der Waals surface area contributed by atoms with Crippen LogP contribution in [0, 0.1) is 0 Å². The molecule has 100 valence electrons. The molecule has 0 saturated carbocycles. The number of ether oxygens (including phenoxy) is 1. The maximum atomic E-state index is 5.86. The predicted octanol–water partition coefficient (Wildman–Crippen LogP) is 4.07. The summed E-state index contributed by atoms with van der Waals surface area (Å²) in [6, 6.07) is 15.9. The lowest BCUT2D eigenvalue weighted by molar-refractivity contribution is 0.119. The standard InChI is InChI=1S/C16H18ClNO/c17-15-9-8-14(16(18)11-15)12-19-10-4-7-13-5-2-1-3-6-13/h1-3,5-6,8-9,11H,4,7,10,12,18H2. The van der Waals surface area contributed by atoms with Gasteiger partial charge in [0.15, 0.2) is 0 Å². The fraction of sp³-hybridized carbons (Fsp3) is 0.250. The molecular formula is C16H18ClNO. The van der Waals surface area contributed by atoms with Crippen molar-refractivity contribution in [2.24, 2.45) is 0 Å². The molecule has 0 aliphatic heterocycles. The van der Waals surface area contributed by atoms with Gasteiger partial charge in [-0.3, -0.25) is 0 Å². The van der Waals surface area contributed by atoms with Gasteiger partial charge in [0.2, 0.25) is 0 Å². The molecule has 0 radical (unpaired) electrons. The minimum atomic E-state index is 0.539. The number of aryl methyl sites for hydroxylation is 1. The normalized spacial score (nSPS) is 10.6. The van der Waals surface area contributed by atoms with Crippen LogP contribution < -0.4 is 5.73 Å². The number of hydrogen-bond acceptors (Lipinski definition) is 2. The van der Waals surface area contributed by atoms with E-state index in [4.69, 9.17) is 22.1 Å². The molecule has 0 fully saturated rings. The highest BCUT2D eigenvalue weighted by Gasteiger charge is 2.00. The molecule has 0 aliphatic rings. The summed E-state index contributed by atoms with van der Waals surface area (Å²) in [4.78, 5) is 0. The smallest absolute Gasteiger partial charge is 0.0736 e. The molecule has 0 heterocycles. The van der Waals surface area contributed by atoms with Gasteiger partial charge in [-0.15, -0.1) is 0 Å². The van der Waals surface area contributed by atoms with Crippen LogP contribution in [-0.2, 0) is 17.8 Å². The van der Waals surface area contributed by atoms with E-state index >= 15 is 0 Å². The van der Waals surface area contributed by atoms with Gasteiger partial charge in [-0.2, -0.15) is 0 Å². The van der Waals surface area contributed by atoms with Crippen LogP contribution in [0.1, 0.15) is 17.5 Å². The Bertz CT molecular complexity index is 513. The van der Waals surface area contributed by atoms with Crippen LogP contribution in [0.2, 0.25) is 5.02 Å². The van der Waals surface area contributed by atoms with Crippen molar-refractivity contribution >= 4 is 17.3 Å². The van der Waals surface area contributed by atoms with Crippen LogP contribution in [0.3, 0.4) is 0 Å². The highest BCUT2D eigenvalue weighted by atomic mass is 35.5. The highest BCUT2D eigenvalue weighted by molar-refractivity contribution is 6.30. The number of benzene rings is 2. The third-order valence-corrected chi connectivity index (χ3v) is 3.20. The molecule has 0 unspecified atom stereocenters. The number of nitrogen functional groups attached to an aromatic ring is 1. The van der Waals surface area contributed by atoms with E-state index in [0.717, 1.165) is 25.0 Å². The zero-order valence-electron chi connectivity index (χ0n) is 10.8. The molecule has 2 nitrogen and oxygen atoms in total. The highest BCUT2D eigenvalue weighted by Crippen LogP contribution is 2.18. The van der Waals surface area contributed by atoms with E-state index in [1.54, 1.807) is 6.07 Å². The second kappa shape index (κ2) is 7.17. The van der Waals surface area contributed by atoms with Crippen molar-refractivity contribution in [2.45, 2.75) is 19.4 Å². The van der Waals surface area contributed by atoms with Gasteiger partial charge in [0.05, 0.1) is 6.61 Å². The number of anilines is 1. The maximum Gasteiger partial charge on any atom is 0.0736 e. The first-order valence-electron chi connectivity index (χ1n) is 6.41. The predicted molar refractivity (Wildman–Crippen MR) is 80.3 cm³/mol. The van der Waals surface area contributed by atoms with Crippen molar-refractivity contribution in [3.05, 3.63) is 64.7 Å². The Morgan fingerprint density at radius 2 is 1.84 bits per heavy atom. The van der Waals surface area contributed by atoms with Gasteiger partial charge in [0, 0.05) is 22.9 Å². The van der Waals surface area contributed by atoms with Gasteiger partial charge in [0.1, 0.15) is 0 Å². The zero-order chi connectivity index (χ0) is 13.5. The molecule has 0 spiro atoms. The molecule has 0 bridgehead atoms. The molecule has 0 amide bonds. The number of rotatable bonds is 6. The van der Waals surface area contributed by atoms with Crippen molar-refractivity contribution in [2.75, 3.05) is 12.3 Å². The van der Waals surface area contributed by atoms with E-state index in [2.05, 4.69) is 24.3 Å². The van der Waals surface area contributed by atoms with Gasteiger partial charge >= 0.3 is 0 Å². The zero-order valence-corrected chi connectivity index (χ0v) is 11.6. The molecule has 2 rings (SSSR count). The molecule has 3 heteroatoms. The minimum absolute atomic E-state index is 0.539. The summed E-state index contributed by atoms with van der Waals surface area (Å²) in [5, 5.41) is 0.658. The summed E-state index contributed by atoms with van der Waals surface area (Å²) < 4.78 is 5.64. The van der Waals surface area contributed by atoms with E-state index in [1.165, 1.54) is 5.56 Å². The second-order valence-corrected chi connectivity index (χ2v) is 4.92. The number of nitrogens with two attached hydrogens (primary N) is 1. The molecular weight excluding hydrogens is 258 g/mol. The molecule has 19 heavy (non-hydrogen) atoms. The van der Waals surface area contributed by atoms with E-state index in [-0.39, 0.29) is 0 Å². The molecule has 0 aliphatic carbocycles. The molecule has 2 aromatic carbocycles. The summed E-state index contributed by atoms with van der Waals surface area (Å²) in [7, 11) is 0. The SMILES string of the molecule is Nc1cc(Cl)ccc1COCCCc1ccccc1. The summed E-state index contributed by atoms with van der Waals surface area (Å²) in [6.45, 7) is 1.27. The summed E-state index contributed by atoms with van der Waals surface area (Å²) in [5.74, 6) is 0. The minimum Gasteiger partial charge on any atom is -0.398 e. The average Bonchev–Trinajstić information content (AvgIpc) is 2.42. The van der Waals surface area contributed by atoms with E-state index in [0.29, 0.717) is 17.3 Å². The van der Waals surface area contributed by atoms with Gasteiger partial charge in [0.25, 0.3) is 0 Å². The van der Waals surface area contributed by atoms with E-state index < -0.39 is 0 Å². The topological polar surface area (TPSA) is 35.2 Å². The lowest BCUT2D eigenvalue weighted by Gasteiger charge is -2.07. The Labute approximate surface area is 119 Å². The monoisotopic (exact) mass is 275 g/mol. The first-order valence-corrected chi connectivity index (χ1v) is 6.79. The Kier molecular flexibility index (Phi) is 5.25. The van der Waals surface area contributed by atoms with Crippen LogP contribution in [0.5, 0.6) is 0 Å². The summed E-state index contributed by atoms with van der Waals surface area (Å²) >= 11 is 5.85. The number of halogens is 1. The third kappa shape index (κ3) is 4.58. The Morgan fingerprint density at radius 3 is 2.58 bits per heavy atom. The molecule has 0 saturated heterocycles. The lowest BCUT2D eigenvalue weighted by Crippen LogP contribution is -2.00.